The Labute approximate surface area is 187 Å². The quantitative estimate of drug-likeness (QED) is 0.483. The summed E-state index contributed by atoms with van der Waals surface area (Å²) in [6.45, 7) is 5.05. The number of aryl methyl sites for hydroxylation is 2. The van der Waals surface area contributed by atoms with Gasteiger partial charge in [-0.1, -0.05) is 6.07 Å². The number of rotatable bonds is 3. The Morgan fingerprint density at radius 2 is 1.79 bits per heavy atom. The Hall–Kier alpha value is -3.75. The van der Waals surface area contributed by atoms with Gasteiger partial charge < -0.3 is 4.90 Å². The minimum Gasteiger partial charge on any atom is -0.333 e. The van der Waals surface area contributed by atoms with E-state index >= 15 is 0 Å². The van der Waals surface area contributed by atoms with Gasteiger partial charge in [-0.15, -0.1) is 0 Å². The highest BCUT2D eigenvalue weighted by Crippen LogP contribution is 2.31. The molecule has 0 saturated heterocycles. The van der Waals surface area contributed by atoms with Crippen molar-refractivity contribution >= 4 is 16.9 Å². The Kier molecular flexibility index (Phi) is 4.92. The molecule has 1 aromatic carbocycles. The first kappa shape index (κ1) is 21.1. The van der Waals surface area contributed by atoms with Gasteiger partial charge in [0.25, 0.3) is 5.91 Å². The minimum atomic E-state index is -4.49. The van der Waals surface area contributed by atoms with Crippen molar-refractivity contribution in [2.24, 2.45) is 0 Å². The summed E-state index contributed by atoms with van der Waals surface area (Å²) in [5.41, 5.74) is 5.71. The first-order valence-electron chi connectivity index (χ1n) is 10.5. The standard InChI is InChI=1S/C24H20F3N5O/c1-13-10-17(18-3-4-20-19(29-18)5-6-21(30-20)24(25,26)27)14(2)9-16(13)12-32-8-7-15-11-28-31-22(15)23(32)33/h3-6,9-11H,7-8,12H2,1-2H3,(H,28,31). The van der Waals surface area contributed by atoms with Crippen LogP contribution in [0.5, 0.6) is 0 Å². The molecule has 1 N–H and O–H groups in total. The molecule has 4 aromatic rings. The highest BCUT2D eigenvalue weighted by atomic mass is 19.4. The molecular formula is C24H20F3N5O. The Bertz CT molecular complexity index is 1390. The van der Waals surface area contributed by atoms with Crippen molar-refractivity contribution in [3.05, 3.63) is 76.2 Å². The van der Waals surface area contributed by atoms with E-state index in [2.05, 4.69) is 20.2 Å². The molecule has 168 valence electrons. The van der Waals surface area contributed by atoms with Crippen molar-refractivity contribution in [3.63, 3.8) is 0 Å². The molecule has 0 aliphatic carbocycles. The number of carbonyl (C=O) groups excluding carboxylic acids is 1. The van der Waals surface area contributed by atoms with Crippen LogP contribution in [-0.2, 0) is 19.1 Å². The first-order valence-corrected chi connectivity index (χ1v) is 10.5. The average Bonchev–Trinajstić information content (AvgIpc) is 3.26. The minimum absolute atomic E-state index is 0.0585. The van der Waals surface area contributed by atoms with Gasteiger partial charge in [-0.3, -0.25) is 9.89 Å². The van der Waals surface area contributed by atoms with Crippen LogP contribution in [0.1, 0.15) is 38.4 Å². The number of hydrogen-bond donors (Lipinski definition) is 1. The molecule has 0 radical (unpaired) electrons. The zero-order valence-electron chi connectivity index (χ0n) is 18.0. The summed E-state index contributed by atoms with van der Waals surface area (Å²) in [5.74, 6) is -0.0585. The molecule has 33 heavy (non-hydrogen) atoms. The highest BCUT2D eigenvalue weighted by Gasteiger charge is 2.32. The summed E-state index contributed by atoms with van der Waals surface area (Å²) >= 11 is 0. The van der Waals surface area contributed by atoms with Crippen molar-refractivity contribution in [2.75, 3.05) is 6.54 Å². The molecule has 0 atom stereocenters. The molecule has 0 saturated carbocycles. The number of hydrogen-bond acceptors (Lipinski definition) is 4. The van der Waals surface area contributed by atoms with E-state index in [0.29, 0.717) is 30.0 Å². The fourth-order valence-corrected chi connectivity index (χ4v) is 4.20. The zero-order chi connectivity index (χ0) is 23.3. The number of carbonyl (C=O) groups is 1. The van der Waals surface area contributed by atoms with Crippen molar-refractivity contribution in [2.45, 2.75) is 33.0 Å². The van der Waals surface area contributed by atoms with Crippen LogP contribution in [0.2, 0.25) is 0 Å². The second kappa shape index (κ2) is 7.68. The maximum atomic E-state index is 12.9. The van der Waals surface area contributed by atoms with Crippen LogP contribution in [0.25, 0.3) is 22.3 Å². The summed E-state index contributed by atoms with van der Waals surface area (Å²) in [5, 5.41) is 6.76. The summed E-state index contributed by atoms with van der Waals surface area (Å²) < 4.78 is 38.8. The largest absolute Gasteiger partial charge is 0.433 e. The molecule has 0 fully saturated rings. The second-order valence-electron chi connectivity index (χ2n) is 8.27. The van der Waals surface area contributed by atoms with Gasteiger partial charge in [-0.05, 0) is 67.3 Å². The number of aromatic nitrogens is 4. The van der Waals surface area contributed by atoms with Gasteiger partial charge >= 0.3 is 6.18 Å². The molecule has 0 spiro atoms. The van der Waals surface area contributed by atoms with Crippen LogP contribution in [0.4, 0.5) is 13.2 Å². The summed E-state index contributed by atoms with van der Waals surface area (Å²) in [6.07, 6.45) is -2.03. The fourth-order valence-electron chi connectivity index (χ4n) is 4.20. The molecule has 0 bridgehead atoms. The van der Waals surface area contributed by atoms with Gasteiger partial charge in [0.05, 0.1) is 22.9 Å². The third-order valence-electron chi connectivity index (χ3n) is 6.02. The molecule has 1 aliphatic heterocycles. The highest BCUT2D eigenvalue weighted by molar-refractivity contribution is 5.94. The number of alkyl halides is 3. The lowest BCUT2D eigenvalue weighted by molar-refractivity contribution is -0.140. The lowest BCUT2D eigenvalue weighted by Crippen LogP contribution is -2.37. The van der Waals surface area contributed by atoms with E-state index in [1.807, 2.05) is 26.0 Å². The van der Waals surface area contributed by atoms with E-state index in [4.69, 9.17) is 0 Å². The monoisotopic (exact) mass is 451 g/mol. The average molecular weight is 451 g/mol. The third kappa shape index (κ3) is 3.83. The molecule has 1 aliphatic rings. The lowest BCUT2D eigenvalue weighted by Gasteiger charge is -2.27. The number of nitrogens with one attached hydrogen (secondary N) is 1. The van der Waals surface area contributed by atoms with E-state index in [-0.39, 0.29) is 11.4 Å². The molecule has 4 heterocycles. The third-order valence-corrected chi connectivity index (χ3v) is 6.02. The van der Waals surface area contributed by atoms with Crippen LogP contribution in [-0.4, -0.2) is 37.5 Å². The van der Waals surface area contributed by atoms with Crippen LogP contribution < -0.4 is 0 Å². The van der Waals surface area contributed by atoms with Gasteiger partial charge in [0.1, 0.15) is 11.4 Å². The number of aromatic amines is 1. The predicted octanol–water partition coefficient (Wildman–Crippen LogP) is 4.85. The Morgan fingerprint density at radius 1 is 1.03 bits per heavy atom. The van der Waals surface area contributed by atoms with E-state index < -0.39 is 11.9 Å². The van der Waals surface area contributed by atoms with Crippen LogP contribution in [0.3, 0.4) is 0 Å². The van der Waals surface area contributed by atoms with Crippen LogP contribution in [0, 0.1) is 13.8 Å². The molecule has 3 aromatic heterocycles. The smallest absolute Gasteiger partial charge is 0.333 e. The topological polar surface area (TPSA) is 74.8 Å². The Balaban J connectivity index is 1.44. The Morgan fingerprint density at radius 3 is 2.58 bits per heavy atom. The van der Waals surface area contributed by atoms with Crippen LogP contribution >= 0.6 is 0 Å². The number of H-pyrrole nitrogens is 1. The second-order valence-corrected chi connectivity index (χ2v) is 8.27. The number of pyridine rings is 2. The van der Waals surface area contributed by atoms with Crippen molar-refractivity contribution in [1.29, 1.82) is 0 Å². The molecule has 6 nitrogen and oxygen atoms in total. The predicted molar refractivity (Wildman–Crippen MR) is 116 cm³/mol. The number of benzene rings is 1. The number of amides is 1. The summed E-state index contributed by atoms with van der Waals surface area (Å²) in [4.78, 5) is 22.8. The maximum Gasteiger partial charge on any atom is 0.433 e. The summed E-state index contributed by atoms with van der Waals surface area (Å²) in [7, 11) is 0. The first-order chi connectivity index (χ1) is 15.7. The van der Waals surface area contributed by atoms with Gasteiger partial charge in [0, 0.05) is 24.2 Å². The fraction of sp³-hybridized carbons (Fsp3) is 0.250. The zero-order valence-corrected chi connectivity index (χ0v) is 18.0. The summed E-state index contributed by atoms with van der Waals surface area (Å²) in [6, 6.07) is 9.58. The van der Waals surface area contributed by atoms with Crippen LogP contribution in [0.15, 0.2) is 42.6 Å². The maximum absolute atomic E-state index is 12.9. The van der Waals surface area contributed by atoms with Gasteiger partial charge in [0.15, 0.2) is 0 Å². The molecule has 1 amide bonds. The van der Waals surface area contributed by atoms with E-state index in [9.17, 15) is 18.0 Å². The van der Waals surface area contributed by atoms with Gasteiger partial charge in [-0.2, -0.15) is 18.3 Å². The van der Waals surface area contributed by atoms with Crippen molar-refractivity contribution in [3.8, 4) is 11.3 Å². The molecule has 5 rings (SSSR count). The van der Waals surface area contributed by atoms with Crippen molar-refractivity contribution in [1.82, 2.24) is 25.1 Å². The van der Waals surface area contributed by atoms with Gasteiger partial charge in [0.2, 0.25) is 0 Å². The SMILES string of the molecule is Cc1cc(-c2ccc3nc(C(F)(F)F)ccc3n2)c(C)cc1CN1CCc2cn[nH]c2C1=O. The van der Waals surface area contributed by atoms with Gasteiger partial charge in [-0.25, -0.2) is 9.97 Å². The number of nitrogens with zero attached hydrogens (tertiary/aromatic N) is 4. The molecular weight excluding hydrogens is 431 g/mol. The van der Waals surface area contributed by atoms with E-state index in [1.165, 1.54) is 6.07 Å². The molecule has 0 unspecified atom stereocenters. The molecule has 9 heteroatoms. The lowest BCUT2D eigenvalue weighted by atomic mass is 9.96. The number of fused-ring (bicyclic) bond motifs is 2. The normalized spacial score (nSPS) is 14.1. The van der Waals surface area contributed by atoms with Crippen molar-refractivity contribution < 1.29 is 18.0 Å². The van der Waals surface area contributed by atoms with E-state index in [0.717, 1.165) is 40.3 Å². The van der Waals surface area contributed by atoms with E-state index in [1.54, 1.807) is 23.2 Å². The number of halogens is 3.